The zero-order valence-corrected chi connectivity index (χ0v) is 16.8. The van der Waals surface area contributed by atoms with Crippen LogP contribution < -0.4 is 15.4 Å². The Balaban J connectivity index is 1.58. The summed E-state index contributed by atoms with van der Waals surface area (Å²) in [5, 5.41) is 5.93. The van der Waals surface area contributed by atoms with E-state index in [1.807, 2.05) is 12.1 Å². The third-order valence-electron chi connectivity index (χ3n) is 4.44. The van der Waals surface area contributed by atoms with Crippen molar-refractivity contribution in [1.82, 2.24) is 0 Å². The molecule has 30 heavy (non-hydrogen) atoms. The molecule has 0 aliphatic rings. The van der Waals surface area contributed by atoms with Gasteiger partial charge < -0.3 is 15.4 Å². The minimum atomic E-state index is -0.524. The number of Topliss-reactive ketones (excluding diaryl/α,β-unsaturated/α-hetero) is 1. The number of anilines is 2. The minimum absolute atomic E-state index is 0.0627. The number of ether oxygens (including phenoxy) is 1. The molecule has 3 rings (SSSR count). The van der Waals surface area contributed by atoms with Crippen LogP contribution in [0.2, 0.25) is 0 Å². The van der Waals surface area contributed by atoms with Crippen LogP contribution in [0.4, 0.5) is 15.8 Å². The Morgan fingerprint density at radius 2 is 1.70 bits per heavy atom. The lowest BCUT2D eigenvalue weighted by Gasteiger charge is -2.16. The van der Waals surface area contributed by atoms with E-state index in [0.717, 1.165) is 5.56 Å². The molecule has 0 saturated carbocycles. The normalized spacial score (nSPS) is 11.4. The monoisotopic (exact) mass is 406 g/mol. The zero-order chi connectivity index (χ0) is 21.5. The second-order valence-corrected chi connectivity index (χ2v) is 6.94. The molecule has 2 N–H and O–H groups in total. The molecule has 1 unspecified atom stereocenters. The van der Waals surface area contributed by atoms with Crippen LogP contribution in [0.15, 0.2) is 72.8 Å². The number of hydrogen-bond donors (Lipinski definition) is 2. The first-order valence-corrected chi connectivity index (χ1v) is 9.56. The van der Waals surface area contributed by atoms with Crippen LogP contribution in [0.25, 0.3) is 0 Å². The SMILES string of the molecule is CC(=O)c1cccc(NC(=O)C(C)Nc2cccc(OCc3cccc(F)c3)c2)c1. The number of nitrogens with one attached hydrogen (secondary N) is 2. The van der Waals surface area contributed by atoms with Crippen molar-refractivity contribution < 1.29 is 18.7 Å². The van der Waals surface area contributed by atoms with Crippen molar-refractivity contribution in [2.45, 2.75) is 26.5 Å². The van der Waals surface area contributed by atoms with Gasteiger partial charge in [-0.1, -0.05) is 30.3 Å². The smallest absolute Gasteiger partial charge is 0.246 e. The first-order valence-electron chi connectivity index (χ1n) is 9.56. The lowest BCUT2D eigenvalue weighted by molar-refractivity contribution is -0.116. The molecule has 0 spiro atoms. The van der Waals surface area contributed by atoms with E-state index in [9.17, 15) is 14.0 Å². The summed E-state index contributed by atoms with van der Waals surface area (Å²) in [5.74, 6) is 0.000311. The lowest BCUT2D eigenvalue weighted by atomic mass is 10.1. The van der Waals surface area contributed by atoms with Crippen LogP contribution in [0, 0.1) is 5.82 Å². The van der Waals surface area contributed by atoms with E-state index >= 15 is 0 Å². The van der Waals surface area contributed by atoms with E-state index in [2.05, 4.69) is 10.6 Å². The number of hydrogen-bond acceptors (Lipinski definition) is 4. The second-order valence-electron chi connectivity index (χ2n) is 6.94. The molecular formula is C24H23FN2O3. The van der Waals surface area contributed by atoms with Gasteiger partial charge in [0.25, 0.3) is 0 Å². The number of rotatable bonds is 8. The molecule has 0 bridgehead atoms. The van der Waals surface area contributed by atoms with Crippen LogP contribution >= 0.6 is 0 Å². The molecule has 3 aromatic carbocycles. The Morgan fingerprint density at radius 1 is 0.967 bits per heavy atom. The molecule has 0 aromatic heterocycles. The maximum absolute atomic E-state index is 13.3. The van der Waals surface area contributed by atoms with Crippen molar-refractivity contribution >= 4 is 23.1 Å². The standard InChI is InChI=1S/C24H23FN2O3/c1-16(24(29)27-21-9-4-7-19(13-21)17(2)28)26-22-10-5-11-23(14-22)30-15-18-6-3-8-20(25)12-18/h3-14,16,26H,15H2,1-2H3,(H,27,29). The highest BCUT2D eigenvalue weighted by molar-refractivity contribution is 5.99. The summed E-state index contributed by atoms with van der Waals surface area (Å²) in [6.45, 7) is 3.46. The zero-order valence-electron chi connectivity index (χ0n) is 16.8. The average Bonchev–Trinajstić information content (AvgIpc) is 2.73. The number of carbonyl (C=O) groups excluding carboxylic acids is 2. The maximum Gasteiger partial charge on any atom is 0.246 e. The Labute approximate surface area is 174 Å². The summed E-state index contributed by atoms with van der Waals surface area (Å²) in [7, 11) is 0. The van der Waals surface area contributed by atoms with Gasteiger partial charge >= 0.3 is 0 Å². The molecule has 3 aromatic rings. The third kappa shape index (κ3) is 5.91. The Morgan fingerprint density at radius 3 is 2.47 bits per heavy atom. The van der Waals surface area contributed by atoms with Gasteiger partial charge in [0.05, 0.1) is 0 Å². The molecule has 0 fully saturated rings. The van der Waals surface area contributed by atoms with Gasteiger partial charge in [-0.2, -0.15) is 0 Å². The maximum atomic E-state index is 13.3. The van der Waals surface area contributed by atoms with Crippen molar-refractivity contribution in [1.29, 1.82) is 0 Å². The Bertz CT molecular complexity index is 1050. The van der Waals surface area contributed by atoms with Gasteiger partial charge in [0, 0.05) is 23.0 Å². The number of carbonyl (C=O) groups is 2. The first-order chi connectivity index (χ1) is 14.4. The van der Waals surface area contributed by atoms with Gasteiger partial charge in [0.2, 0.25) is 5.91 Å². The van der Waals surface area contributed by atoms with Gasteiger partial charge in [-0.3, -0.25) is 9.59 Å². The molecule has 1 atom stereocenters. The highest BCUT2D eigenvalue weighted by atomic mass is 19.1. The summed E-state index contributed by atoms with van der Waals surface area (Å²) >= 11 is 0. The predicted molar refractivity (Wildman–Crippen MR) is 115 cm³/mol. The fourth-order valence-corrected chi connectivity index (χ4v) is 2.85. The second kappa shape index (κ2) is 9.69. The number of halogens is 1. The molecule has 1 amide bonds. The fraction of sp³-hybridized carbons (Fsp3) is 0.167. The summed E-state index contributed by atoms with van der Waals surface area (Å²) in [6.07, 6.45) is 0. The van der Waals surface area contributed by atoms with Gasteiger partial charge in [-0.25, -0.2) is 4.39 Å². The minimum Gasteiger partial charge on any atom is -0.489 e. The topological polar surface area (TPSA) is 67.4 Å². The van der Waals surface area contributed by atoms with Crippen molar-refractivity contribution in [3.05, 3.63) is 89.7 Å². The summed E-state index contributed by atoms with van der Waals surface area (Å²) in [6, 6.07) is 19.7. The van der Waals surface area contributed by atoms with Crippen LogP contribution in [-0.4, -0.2) is 17.7 Å². The number of amides is 1. The highest BCUT2D eigenvalue weighted by Gasteiger charge is 2.14. The van der Waals surface area contributed by atoms with Gasteiger partial charge in [-0.05, 0) is 55.8 Å². The first kappa shape index (κ1) is 21.0. The molecule has 0 heterocycles. The average molecular weight is 406 g/mol. The quantitative estimate of drug-likeness (QED) is 0.514. The highest BCUT2D eigenvalue weighted by Crippen LogP contribution is 2.20. The van der Waals surface area contributed by atoms with Crippen LogP contribution in [0.1, 0.15) is 29.8 Å². The van der Waals surface area contributed by atoms with Crippen LogP contribution in [0.3, 0.4) is 0 Å². The molecule has 0 aliphatic heterocycles. The Kier molecular flexibility index (Phi) is 6.80. The van der Waals surface area contributed by atoms with E-state index in [0.29, 0.717) is 22.7 Å². The van der Waals surface area contributed by atoms with Crippen LogP contribution in [-0.2, 0) is 11.4 Å². The molecule has 0 radical (unpaired) electrons. The van der Waals surface area contributed by atoms with Crippen molar-refractivity contribution in [3.8, 4) is 5.75 Å². The molecule has 154 valence electrons. The van der Waals surface area contributed by atoms with Crippen molar-refractivity contribution in [3.63, 3.8) is 0 Å². The molecule has 0 aliphatic carbocycles. The van der Waals surface area contributed by atoms with Crippen molar-refractivity contribution in [2.24, 2.45) is 0 Å². The number of ketones is 1. The van der Waals surface area contributed by atoms with Gasteiger partial charge in [-0.15, -0.1) is 0 Å². The Hall–Kier alpha value is -3.67. The van der Waals surface area contributed by atoms with Crippen molar-refractivity contribution in [2.75, 3.05) is 10.6 Å². The van der Waals surface area contributed by atoms with E-state index in [1.165, 1.54) is 19.1 Å². The molecule has 6 heteroatoms. The predicted octanol–water partition coefficient (Wildman–Crippen LogP) is 5.05. The summed E-state index contributed by atoms with van der Waals surface area (Å²) in [4.78, 5) is 24.0. The molecule has 0 saturated heterocycles. The number of benzene rings is 3. The third-order valence-corrected chi connectivity index (χ3v) is 4.44. The summed E-state index contributed by atoms with van der Waals surface area (Å²) < 4.78 is 19.0. The van der Waals surface area contributed by atoms with E-state index < -0.39 is 6.04 Å². The largest absolute Gasteiger partial charge is 0.489 e. The molecular weight excluding hydrogens is 383 g/mol. The van der Waals surface area contributed by atoms with Gasteiger partial charge in [0.15, 0.2) is 5.78 Å². The summed E-state index contributed by atoms with van der Waals surface area (Å²) in [5.41, 5.74) is 2.55. The van der Waals surface area contributed by atoms with E-state index in [4.69, 9.17) is 4.74 Å². The van der Waals surface area contributed by atoms with Gasteiger partial charge in [0.1, 0.15) is 24.2 Å². The van der Waals surface area contributed by atoms with E-state index in [1.54, 1.807) is 55.5 Å². The lowest BCUT2D eigenvalue weighted by Crippen LogP contribution is -2.31. The fourth-order valence-electron chi connectivity index (χ4n) is 2.85. The molecule has 5 nitrogen and oxygen atoms in total. The van der Waals surface area contributed by atoms with E-state index in [-0.39, 0.29) is 24.1 Å². The van der Waals surface area contributed by atoms with Crippen LogP contribution in [0.5, 0.6) is 5.75 Å².